The van der Waals surface area contributed by atoms with Crippen LogP contribution in [0.2, 0.25) is 0 Å². The lowest BCUT2D eigenvalue weighted by molar-refractivity contribution is 0.627. The minimum atomic E-state index is -0.442. The Hall–Kier alpha value is -2.08. The maximum atomic E-state index is 13.1. The van der Waals surface area contributed by atoms with Crippen LogP contribution in [0.5, 0.6) is 0 Å². The molecule has 0 fully saturated rings. The third-order valence-electron chi connectivity index (χ3n) is 2.61. The van der Waals surface area contributed by atoms with E-state index in [2.05, 4.69) is 15.2 Å². The maximum absolute atomic E-state index is 13.1. The Kier molecular flexibility index (Phi) is 3.47. The Bertz CT molecular complexity index is 611. The summed E-state index contributed by atoms with van der Waals surface area (Å²) in [5.41, 5.74) is 6.00. The Morgan fingerprint density at radius 2 is 2.22 bits per heavy atom. The van der Waals surface area contributed by atoms with Gasteiger partial charge in [0.15, 0.2) is 5.82 Å². The highest BCUT2D eigenvalue weighted by Gasteiger charge is 2.12. The van der Waals surface area contributed by atoms with Gasteiger partial charge in [0.05, 0.1) is 6.04 Å². The maximum Gasteiger partial charge on any atom is 0.274 e. The van der Waals surface area contributed by atoms with E-state index in [-0.39, 0.29) is 11.5 Å². The zero-order valence-corrected chi connectivity index (χ0v) is 9.85. The molecule has 1 unspecified atom stereocenters. The molecule has 0 aliphatic rings. The molecule has 1 aromatic heterocycles. The molecule has 1 atom stereocenters. The molecule has 0 bridgehead atoms. The number of rotatable bonds is 3. The van der Waals surface area contributed by atoms with Gasteiger partial charge in [-0.15, -0.1) is 10.2 Å². The number of halogens is 1. The van der Waals surface area contributed by atoms with Crippen molar-refractivity contribution in [3.05, 3.63) is 46.1 Å². The zero-order chi connectivity index (χ0) is 13.1. The Morgan fingerprint density at radius 3 is 2.83 bits per heavy atom. The predicted molar refractivity (Wildman–Crippen MR) is 65.3 cm³/mol. The second-order valence-corrected chi connectivity index (χ2v) is 3.91. The van der Waals surface area contributed by atoms with E-state index in [9.17, 15) is 9.18 Å². The molecule has 2 rings (SSSR count). The van der Waals surface area contributed by atoms with Crippen LogP contribution in [-0.2, 0) is 0 Å². The molecule has 6 heteroatoms. The van der Waals surface area contributed by atoms with Crippen LogP contribution in [0.25, 0.3) is 11.4 Å². The van der Waals surface area contributed by atoms with Gasteiger partial charge in [-0.3, -0.25) is 4.79 Å². The molecule has 0 radical (unpaired) electrons. The first-order valence-electron chi connectivity index (χ1n) is 5.60. The summed E-state index contributed by atoms with van der Waals surface area (Å²) in [4.78, 5) is 14.3. The van der Waals surface area contributed by atoms with Crippen molar-refractivity contribution < 1.29 is 4.39 Å². The van der Waals surface area contributed by atoms with Crippen LogP contribution in [0, 0.1) is 5.82 Å². The minimum absolute atomic E-state index is 0.192. The van der Waals surface area contributed by atoms with Gasteiger partial charge in [0.2, 0.25) is 0 Å². The van der Waals surface area contributed by atoms with E-state index in [0.29, 0.717) is 12.0 Å². The van der Waals surface area contributed by atoms with E-state index >= 15 is 0 Å². The molecule has 3 N–H and O–H groups in total. The molecule has 0 saturated carbocycles. The van der Waals surface area contributed by atoms with E-state index in [1.807, 2.05) is 6.92 Å². The summed E-state index contributed by atoms with van der Waals surface area (Å²) in [5.74, 6) is -0.170. The van der Waals surface area contributed by atoms with Crippen molar-refractivity contribution >= 4 is 0 Å². The summed E-state index contributed by atoms with van der Waals surface area (Å²) in [6, 6.07) is 5.33. The van der Waals surface area contributed by atoms with Crippen LogP contribution >= 0.6 is 0 Å². The van der Waals surface area contributed by atoms with Crippen molar-refractivity contribution in [1.82, 2.24) is 15.2 Å². The normalized spacial score (nSPS) is 12.4. The smallest absolute Gasteiger partial charge is 0.274 e. The van der Waals surface area contributed by atoms with Gasteiger partial charge in [0, 0.05) is 5.56 Å². The second kappa shape index (κ2) is 5.05. The molecule has 0 spiro atoms. The van der Waals surface area contributed by atoms with Crippen molar-refractivity contribution in [3.8, 4) is 11.4 Å². The molecule has 0 aliphatic carbocycles. The SMILES string of the molecule is CCC(N)c1nnc(-c2cccc(F)c2)[nH]c1=O. The van der Waals surface area contributed by atoms with Crippen LogP contribution in [0.15, 0.2) is 29.1 Å². The van der Waals surface area contributed by atoms with Crippen molar-refractivity contribution in [2.75, 3.05) is 0 Å². The summed E-state index contributed by atoms with van der Waals surface area (Å²) < 4.78 is 13.1. The minimum Gasteiger partial charge on any atom is -0.322 e. The molecular formula is C12H13FN4O. The third-order valence-corrected chi connectivity index (χ3v) is 2.61. The Morgan fingerprint density at radius 1 is 1.44 bits per heavy atom. The average Bonchev–Trinajstić information content (AvgIpc) is 2.37. The van der Waals surface area contributed by atoms with E-state index in [4.69, 9.17) is 5.73 Å². The third kappa shape index (κ3) is 2.43. The van der Waals surface area contributed by atoms with Crippen molar-refractivity contribution in [2.45, 2.75) is 19.4 Å². The standard InChI is InChI=1S/C12H13FN4O/c1-2-9(14)10-12(18)15-11(17-16-10)7-4-3-5-8(13)6-7/h3-6,9H,2,14H2,1H3,(H,15,17,18). The largest absolute Gasteiger partial charge is 0.322 e. The van der Waals surface area contributed by atoms with Crippen LogP contribution < -0.4 is 11.3 Å². The van der Waals surface area contributed by atoms with Gasteiger partial charge in [-0.05, 0) is 18.6 Å². The highest BCUT2D eigenvalue weighted by Crippen LogP contribution is 2.14. The first kappa shape index (κ1) is 12.4. The number of hydrogen-bond donors (Lipinski definition) is 2. The van der Waals surface area contributed by atoms with E-state index < -0.39 is 17.4 Å². The highest BCUT2D eigenvalue weighted by atomic mass is 19.1. The summed E-state index contributed by atoms with van der Waals surface area (Å²) in [7, 11) is 0. The number of benzene rings is 1. The van der Waals surface area contributed by atoms with Crippen molar-refractivity contribution in [3.63, 3.8) is 0 Å². The molecule has 18 heavy (non-hydrogen) atoms. The van der Waals surface area contributed by atoms with Gasteiger partial charge >= 0.3 is 0 Å². The van der Waals surface area contributed by atoms with Crippen molar-refractivity contribution in [1.29, 1.82) is 0 Å². The lowest BCUT2D eigenvalue weighted by Gasteiger charge is -2.06. The van der Waals surface area contributed by atoms with E-state index in [1.165, 1.54) is 18.2 Å². The fourth-order valence-corrected chi connectivity index (χ4v) is 1.55. The van der Waals surface area contributed by atoms with Crippen LogP contribution in [-0.4, -0.2) is 15.2 Å². The van der Waals surface area contributed by atoms with Gasteiger partial charge in [0.25, 0.3) is 5.56 Å². The number of hydrogen-bond acceptors (Lipinski definition) is 4. The van der Waals surface area contributed by atoms with Crippen molar-refractivity contribution in [2.24, 2.45) is 5.73 Å². The molecule has 94 valence electrons. The number of H-pyrrole nitrogens is 1. The molecule has 1 heterocycles. The molecule has 0 saturated heterocycles. The molecule has 2 aromatic rings. The number of nitrogens with zero attached hydrogens (tertiary/aromatic N) is 2. The van der Waals surface area contributed by atoms with E-state index in [1.54, 1.807) is 6.07 Å². The number of nitrogens with two attached hydrogens (primary N) is 1. The van der Waals surface area contributed by atoms with Gasteiger partial charge in [-0.1, -0.05) is 19.1 Å². The summed E-state index contributed by atoms with van der Waals surface area (Å²) in [6.45, 7) is 1.85. The first-order valence-corrected chi connectivity index (χ1v) is 5.60. The number of aromatic nitrogens is 3. The number of aromatic amines is 1. The highest BCUT2D eigenvalue weighted by molar-refractivity contribution is 5.53. The van der Waals surface area contributed by atoms with Gasteiger partial charge in [-0.25, -0.2) is 4.39 Å². The molecule has 0 aliphatic heterocycles. The fourth-order valence-electron chi connectivity index (χ4n) is 1.55. The van der Waals surface area contributed by atoms with Gasteiger partial charge in [-0.2, -0.15) is 0 Å². The lowest BCUT2D eigenvalue weighted by Crippen LogP contribution is -2.24. The van der Waals surface area contributed by atoms with Crippen LogP contribution in [0.4, 0.5) is 4.39 Å². The molecule has 5 nitrogen and oxygen atoms in total. The van der Waals surface area contributed by atoms with Gasteiger partial charge in [0.1, 0.15) is 11.5 Å². The summed E-state index contributed by atoms with van der Waals surface area (Å²) in [6.07, 6.45) is 0.594. The topological polar surface area (TPSA) is 84.7 Å². The molecular weight excluding hydrogens is 235 g/mol. The first-order chi connectivity index (χ1) is 8.61. The summed E-state index contributed by atoms with van der Waals surface area (Å²) in [5, 5.41) is 7.68. The monoisotopic (exact) mass is 248 g/mol. The van der Waals surface area contributed by atoms with Crippen LogP contribution in [0.1, 0.15) is 25.1 Å². The predicted octanol–water partition coefficient (Wildman–Crippen LogP) is 1.38. The quantitative estimate of drug-likeness (QED) is 0.859. The average molecular weight is 248 g/mol. The van der Waals surface area contributed by atoms with Crippen LogP contribution in [0.3, 0.4) is 0 Å². The second-order valence-electron chi connectivity index (χ2n) is 3.91. The summed E-state index contributed by atoms with van der Waals surface area (Å²) >= 11 is 0. The number of nitrogens with one attached hydrogen (secondary N) is 1. The van der Waals surface area contributed by atoms with Gasteiger partial charge < -0.3 is 10.7 Å². The Labute approximate surface area is 103 Å². The fraction of sp³-hybridized carbons (Fsp3) is 0.250. The molecule has 1 aromatic carbocycles. The lowest BCUT2D eigenvalue weighted by atomic mass is 10.2. The zero-order valence-electron chi connectivity index (χ0n) is 9.85. The van der Waals surface area contributed by atoms with E-state index in [0.717, 1.165) is 0 Å². The Balaban J connectivity index is 2.43. The molecule has 0 amide bonds.